The number of nitrogens with one attached hydrogen (secondary N) is 1. The second kappa shape index (κ2) is 5.90. The van der Waals surface area contributed by atoms with Crippen LogP contribution >= 0.6 is 11.3 Å². The number of rotatable bonds is 3. The Morgan fingerprint density at radius 3 is 2.82 bits per heavy atom. The zero-order valence-corrected chi connectivity index (χ0v) is 12.4. The molecule has 0 saturated carbocycles. The fourth-order valence-electron chi connectivity index (χ4n) is 1.93. The van der Waals surface area contributed by atoms with Gasteiger partial charge < -0.3 is 10.1 Å². The number of hydrogen-bond donors (Lipinski definition) is 1. The van der Waals surface area contributed by atoms with Gasteiger partial charge in [-0.05, 0) is 30.3 Å². The summed E-state index contributed by atoms with van der Waals surface area (Å²) in [5, 5.41) is 2.66. The molecule has 2 aromatic heterocycles. The number of benzene rings is 1. The SMILES string of the molecule is COC(=O)c1ccnc(NC(=O)c2ccc3ncsc3c2)c1. The minimum absolute atomic E-state index is 0.289. The van der Waals surface area contributed by atoms with Crippen molar-refractivity contribution in [3.8, 4) is 0 Å². The molecule has 110 valence electrons. The van der Waals surface area contributed by atoms with E-state index in [0.717, 1.165) is 10.2 Å². The fourth-order valence-corrected chi connectivity index (χ4v) is 2.64. The van der Waals surface area contributed by atoms with Gasteiger partial charge in [0, 0.05) is 11.8 Å². The Labute approximate surface area is 129 Å². The second-order valence-corrected chi connectivity index (χ2v) is 5.30. The monoisotopic (exact) mass is 313 g/mol. The van der Waals surface area contributed by atoms with E-state index in [1.807, 2.05) is 0 Å². The van der Waals surface area contributed by atoms with E-state index in [4.69, 9.17) is 0 Å². The average molecular weight is 313 g/mol. The number of aromatic nitrogens is 2. The van der Waals surface area contributed by atoms with Crippen LogP contribution in [0.1, 0.15) is 20.7 Å². The summed E-state index contributed by atoms with van der Waals surface area (Å²) in [6.07, 6.45) is 1.44. The van der Waals surface area contributed by atoms with Crippen molar-refractivity contribution in [3.63, 3.8) is 0 Å². The number of thiazole rings is 1. The van der Waals surface area contributed by atoms with Crippen LogP contribution < -0.4 is 5.32 Å². The first-order valence-electron chi connectivity index (χ1n) is 6.36. The van der Waals surface area contributed by atoms with Gasteiger partial charge in [-0.3, -0.25) is 4.79 Å². The molecule has 22 heavy (non-hydrogen) atoms. The summed E-state index contributed by atoms with van der Waals surface area (Å²) in [6, 6.07) is 8.24. The van der Waals surface area contributed by atoms with Crippen LogP contribution in [0.2, 0.25) is 0 Å². The lowest BCUT2D eigenvalue weighted by Gasteiger charge is -2.06. The van der Waals surface area contributed by atoms with Crippen LogP contribution in [0, 0.1) is 0 Å². The summed E-state index contributed by atoms with van der Waals surface area (Å²) in [7, 11) is 1.30. The van der Waals surface area contributed by atoms with Crippen molar-refractivity contribution >= 4 is 39.2 Å². The number of nitrogens with zero attached hydrogens (tertiary/aromatic N) is 2. The third kappa shape index (κ3) is 2.79. The Morgan fingerprint density at radius 2 is 2.00 bits per heavy atom. The molecule has 3 rings (SSSR count). The predicted molar refractivity (Wildman–Crippen MR) is 83.1 cm³/mol. The number of esters is 1. The maximum Gasteiger partial charge on any atom is 0.338 e. The van der Waals surface area contributed by atoms with Gasteiger partial charge in [0.1, 0.15) is 5.82 Å². The van der Waals surface area contributed by atoms with Crippen LogP contribution in [-0.2, 0) is 4.74 Å². The van der Waals surface area contributed by atoms with Gasteiger partial charge in [-0.2, -0.15) is 0 Å². The molecule has 1 N–H and O–H groups in total. The highest BCUT2D eigenvalue weighted by Gasteiger charge is 2.11. The van der Waals surface area contributed by atoms with Crippen LogP contribution in [0.3, 0.4) is 0 Å². The van der Waals surface area contributed by atoms with Gasteiger partial charge in [0.2, 0.25) is 0 Å². The Bertz CT molecular complexity index is 860. The van der Waals surface area contributed by atoms with E-state index in [-0.39, 0.29) is 11.7 Å². The predicted octanol–water partition coefficient (Wildman–Crippen LogP) is 2.73. The van der Waals surface area contributed by atoms with E-state index in [2.05, 4.69) is 20.0 Å². The largest absolute Gasteiger partial charge is 0.465 e. The summed E-state index contributed by atoms with van der Waals surface area (Å²) >= 11 is 1.47. The quantitative estimate of drug-likeness (QED) is 0.752. The van der Waals surface area contributed by atoms with Crippen molar-refractivity contribution in [2.75, 3.05) is 12.4 Å². The summed E-state index contributed by atoms with van der Waals surface area (Å²) in [6.45, 7) is 0. The van der Waals surface area contributed by atoms with Crippen LogP contribution in [0.4, 0.5) is 5.82 Å². The second-order valence-electron chi connectivity index (χ2n) is 4.41. The summed E-state index contributed by atoms with van der Waals surface area (Å²) in [5.41, 5.74) is 3.41. The van der Waals surface area contributed by atoms with E-state index in [1.165, 1.54) is 36.8 Å². The average Bonchev–Trinajstić information content (AvgIpc) is 3.01. The first-order valence-corrected chi connectivity index (χ1v) is 7.24. The third-order valence-electron chi connectivity index (χ3n) is 3.02. The van der Waals surface area contributed by atoms with E-state index >= 15 is 0 Å². The Kier molecular flexibility index (Phi) is 3.80. The normalized spacial score (nSPS) is 10.4. The van der Waals surface area contributed by atoms with Crippen LogP contribution in [-0.4, -0.2) is 29.0 Å². The zero-order valence-electron chi connectivity index (χ0n) is 11.6. The molecule has 0 fully saturated rings. The molecule has 0 bridgehead atoms. The van der Waals surface area contributed by atoms with Crippen molar-refractivity contribution in [1.82, 2.24) is 9.97 Å². The summed E-state index contributed by atoms with van der Waals surface area (Å²) in [4.78, 5) is 31.9. The minimum atomic E-state index is -0.482. The molecule has 0 aliphatic rings. The van der Waals surface area contributed by atoms with Gasteiger partial charge >= 0.3 is 5.97 Å². The molecule has 7 heteroatoms. The highest BCUT2D eigenvalue weighted by atomic mass is 32.1. The van der Waals surface area contributed by atoms with Crippen LogP contribution in [0.25, 0.3) is 10.2 Å². The molecule has 0 unspecified atom stereocenters. The van der Waals surface area contributed by atoms with Crippen molar-refractivity contribution < 1.29 is 14.3 Å². The van der Waals surface area contributed by atoms with Gasteiger partial charge in [0.25, 0.3) is 5.91 Å². The van der Waals surface area contributed by atoms with Gasteiger partial charge in [-0.15, -0.1) is 11.3 Å². The molecular formula is C15H11N3O3S. The van der Waals surface area contributed by atoms with E-state index in [1.54, 1.807) is 23.7 Å². The van der Waals surface area contributed by atoms with Crippen LogP contribution in [0.15, 0.2) is 42.0 Å². The molecule has 2 heterocycles. The van der Waals surface area contributed by atoms with Gasteiger partial charge in [-0.1, -0.05) is 0 Å². The number of hydrogen-bond acceptors (Lipinski definition) is 6. The molecule has 0 aliphatic carbocycles. The molecule has 3 aromatic rings. The molecule has 0 radical (unpaired) electrons. The number of methoxy groups -OCH3 is 1. The smallest absolute Gasteiger partial charge is 0.338 e. The lowest BCUT2D eigenvalue weighted by Crippen LogP contribution is -2.13. The molecule has 0 atom stereocenters. The number of carbonyl (C=O) groups excluding carboxylic acids is 2. The molecule has 0 aliphatic heterocycles. The third-order valence-corrected chi connectivity index (χ3v) is 3.81. The Balaban J connectivity index is 1.83. The standard InChI is InChI=1S/C15H11N3O3S/c1-21-15(20)10-4-5-16-13(7-10)18-14(19)9-2-3-11-12(6-9)22-8-17-11/h2-8H,1H3,(H,16,18,19). The van der Waals surface area contributed by atoms with Crippen molar-refractivity contribution in [3.05, 3.63) is 53.2 Å². The molecule has 1 amide bonds. The molecule has 6 nitrogen and oxygen atoms in total. The molecule has 1 aromatic carbocycles. The van der Waals surface area contributed by atoms with Gasteiger partial charge in [-0.25, -0.2) is 14.8 Å². The van der Waals surface area contributed by atoms with E-state index in [9.17, 15) is 9.59 Å². The number of carbonyl (C=O) groups is 2. The van der Waals surface area contributed by atoms with Crippen LogP contribution in [0.5, 0.6) is 0 Å². The van der Waals surface area contributed by atoms with E-state index < -0.39 is 5.97 Å². The number of pyridine rings is 1. The van der Waals surface area contributed by atoms with Crippen molar-refractivity contribution in [2.24, 2.45) is 0 Å². The number of amides is 1. The lowest BCUT2D eigenvalue weighted by molar-refractivity contribution is 0.0600. The van der Waals surface area contributed by atoms with Crippen molar-refractivity contribution in [1.29, 1.82) is 0 Å². The lowest BCUT2D eigenvalue weighted by atomic mass is 10.2. The minimum Gasteiger partial charge on any atom is -0.465 e. The van der Waals surface area contributed by atoms with Gasteiger partial charge in [0.05, 0.1) is 28.4 Å². The topological polar surface area (TPSA) is 81.2 Å². The van der Waals surface area contributed by atoms with Gasteiger partial charge in [0.15, 0.2) is 0 Å². The highest BCUT2D eigenvalue weighted by molar-refractivity contribution is 7.16. The summed E-state index contributed by atoms with van der Waals surface area (Å²) < 4.78 is 5.57. The first kappa shape index (κ1) is 14.2. The number of anilines is 1. The highest BCUT2D eigenvalue weighted by Crippen LogP contribution is 2.19. The van der Waals surface area contributed by atoms with Crippen molar-refractivity contribution in [2.45, 2.75) is 0 Å². The molecular weight excluding hydrogens is 302 g/mol. The maximum atomic E-state index is 12.2. The summed E-state index contributed by atoms with van der Waals surface area (Å²) in [5.74, 6) is -0.494. The molecule has 0 saturated heterocycles. The zero-order chi connectivity index (χ0) is 15.5. The number of ether oxygens (including phenoxy) is 1. The first-order chi connectivity index (χ1) is 10.7. The number of fused-ring (bicyclic) bond motifs is 1. The molecule has 0 spiro atoms. The Hall–Kier alpha value is -2.80. The maximum absolute atomic E-state index is 12.2. The van der Waals surface area contributed by atoms with E-state index in [0.29, 0.717) is 11.1 Å². The Morgan fingerprint density at radius 1 is 1.14 bits per heavy atom. The fraction of sp³-hybridized carbons (Fsp3) is 0.0667.